The maximum atomic E-state index is 5.51. The van der Waals surface area contributed by atoms with Gasteiger partial charge in [0.2, 0.25) is 0 Å². The van der Waals surface area contributed by atoms with E-state index in [0.717, 1.165) is 5.75 Å². The van der Waals surface area contributed by atoms with E-state index in [2.05, 4.69) is 83.7 Å². The van der Waals surface area contributed by atoms with E-state index in [9.17, 15) is 0 Å². The molecule has 0 amide bonds. The van der Waals surface area contributed by atoms with Gasteiger partial charge in [0.1, 0.15) is 0 Å². The van der Waals surface area contributed by atoms with E-state index in [1.807, 2.05) is 12.2 Å². The van der Waals surface area contributed by atoms with Crippen LogP contribution in [-0.2, 0) is 4.74 Å². The van der Waals surface area contributed by atoms with Crippen LogP contribution in [0.2, 0.25) is 0 Å². The average molecular weight is 373 g/mol. The van der Waals surface area contributed by atoms with Gasteiger partial charge >= 0.3 is 0 Å². The molecule has 26 heavy (non-hydrogen) atoms. The van der Waals surface area contributed by atoms with Crippen LogP contribution >= 0.6 is 12.6 Å². The Balaban J connectivity index is 2.54. The molecule has 1 aliphatic rings. The lowest BCUT2D eigenvalue weighted by atomic mass is 9.72. The van der Waals surface area contributed by atoms with Crippen LogP contribution in [-0.4, -0.2) is 19.0 Å². The third-order valence-electron chi connectivity index (χ3n) is 4.78. The summed E-state index contributed by atoms with van der Waals surface area (Å²) in [6.45, 7) is 12.5. The van der Waals surface area contributed by atoms with Crippen molar-refractivity contribution in [3.05, 3.63) is 70.9 Å². The second kappa shape index (κ2) is 12.2. The Morgan fingerprint density at radius 2 is 1.88 bits per heavy atom. The minimum Gasteiger partial charge on any atom is -0.373 e. The van der Waals surface area contributed by atoms with Crippen LogP contribution in [0.1, 0.15) is 53.9 Å². The summed E-state index contributed by atoms with van der Waals surface area (Å²) >= 11 is 4.11. The summed E-state index contributed by atoms with van der Waals surface area (Å²) < 4.78 is 5.51. The van der Waals surface area contributed by atoms with Gasteiger partial charge in [-0.1, -0.05) is 79.2 Å². The summed E-state index contributed by atoms with van der Waals surface area (Å²) in [5.74, 6) is 0.759. The first-order valence-electron chi connectivity index (χ1n) is 9.60. The zero-order chi connectivity index (χ0) is 19.4. The van der Waals surface area contributed by atoms with Crippen molar-refractivity contribution in [2.75, 3.05) is 19.0 Å². The zero-order valence-electron chi connectivity index (χ0n) is 17.2. The second-order valence-electron chi connectivity index (χ2n) is 7.67. The van der Waals surface area contributed by atoms with E-state index < -0.39 is 0 Å². The first kappa shape index (κ1) is 22.8. The predicted molar refractivity (Wildman–Crippen MR) is 120 cm³/mol. The first-order valence-corrected chi connectivity index (χ1v) is 10.2. The highest BCUT2D eigenvalue weighted by Gasteiger charge is 2.26. The highest BCUT2D eigenvalue weighted by Crippen LogP contribution is 2.40. The average Bonchev–Trinajstić information content (AvgIpc) is 2.57. The molecule has 144 valence electrons. The molecule has 1 aliphatic carbocycles. The van der Waals surface area contributed by atoms with Gasteiger partial charge in [-0.05, 0) is 51.0 Å². The van der Waals surface area contributed by atoms with Crippen molar-refractivity contribution in [2.24, 2.45) is 5.41 Å². The standard InChI is InChI=1S/C24H36OS/c1-20(13-14-23-22(3)12-9-16-24(23,4)5)10-8-11-21(2)15-18-25-17-6-7-19-26/h6-8,10-11,13-15,26H,9,12,16-19H2,1-5H3/b7-6+,11-8+,14-13+,20-10+,21-15+. The molecular weight excluding hydrogens is 336 g/mol. The first-order chi connectivity index (χ1) is 12.4. The summed E-state index contributed by atoms with van der Waals surface area (Å²) in [5, 5.41) is 0. The minimum absolute atomic E-state index is 0.302. The van der Waals surface area contributed by atoms with Gasteiger partial charge in [0, 0.05) is 5.75 Å². The van der Waals surface area contributed by atoms with Crippen LogP contribution < -0.4 is 0 Å². The molecule has 2 heteroatoms. The van der Waals surface area contributed by atoms with Gasteiger partial charge in [-0.3, -0.25) is 0 Å². The molecule has 0 N–H and O–H groups in total. The molecule has 0 atom stereocenters. The molecule has 0 aliphatic heterocycles. The molecule has 0 aromatic rings. The van der Waals surface area contributed by atoms with Crippen molar-refractivity contribution < 1.29 is 4.74 Å². The van der Waals surface area contributed by atoms with Gasteiger partial charge in [0.25, 0.3) is 0 Å². The third kappa shape index (κ3) is 8.91. The second-order valence-corrected chi connectivity index (χ2v) is 8.04. The zero-order valence-corrected chi connectivity index (χ0v) is 18.1. The van der Waals surface area contributed by atoms with Crippen molar-refractivity contribution in [3.8, 4) is 0 Å². The van der Waals surface area contributed by atoms with Crippen molar-refractivity contribution in [1.29, 1.82) is 0 Å². The van der Waals surface area contributed by atoms with Crippen LogP contribution in [0.4, 0.5) is 0 Å². The Kier molecular flexibility index (Phi) is 10.7. The number of hydrogen-bond donors (Lipinski definition) is 1. The fourth-order valence-electron chi connectivity index (χ4n) is 3.17. The van der Waals surface area contributed by atoms with Gasteiger partial charge in [0.05, 0.1) is 13.2 Å². The van der Waals surface area contributed by atoms with Crippen LogP contribution in [0.5, 0.6) is 0 Å². The number of thiol groups is 1. The fraction of sp³-hybridized carbons (Fsp3) is 0.500. The molecular formula is C24H36OS. The molecule has 0 unspecified atom stereocenters. The quantitative estimate of drug-likeness (QED) is 0.198. The molecule has 0 spiro atoms. The Hall–Kier alpha value is -1.25. The van der Waals surface area contributed by atoms with E-state index in [4.69, 9.17) is 4.74 Å². The molecule has 0 aromatic heterocycles. The highest BCUT2D eigenvalue weighted by molar-refractivity contribution is 7.80. The van der Waals surface area contributed by atoms with Crippen LogP contribution in [0, 0.1) is 5.41 Å². The SMILES string of the molecule is CC1=C(/C=C/C(C)=C/C=C/C(C)=C/COC/C=C/CS)C(C)(C)CCC1. The maximum Gasteiger partial charge on any atom is 0.0657 e. The molecule has 0 radical (unpaired) electrons. The van der Waals surface area contributed by atoms with Gasteiger partial charge in [-0.25, -0.2) is 0 Å². The molecule has 0 saturated heterocycles. The Morgan fingerprint density at radius 1 is 1.12 bits per heavy atom. The third-order valence-corrected chi connectivity index (χ3v) is 4.99. The van der Waals surface area contributed by atoms with E-state index in [-0.39, 0.29) is 0 Å². The lowest BCUT2D eigenvalue weighted by Gasteiger charge is -2.32. The number of rotatable bonds is 9. The van der Waals surface area contributed by atoms with Crippen LogP contribution in [0.25, 0.3) is 0 Å². The summed E-state index contributed by atoms with van der Waals surface area (Å²) in [6, 6.07) is 0. The lowest BCUT2D eigenvalue weighted by Crippen LogP contribution is -2.19. The van der Waals surface area contributed by atoms with Crippen LogP contribution in [0.15, 0.2) is 70.9 Å². The topological polar surface area (TPSA) is 9.23 Å². The van der Waals surface area contributed by atoms with Crippen molar-refractivity contribution >= 4 is 12.6 Å². The molecule has 1 rings (SSSR count). The van der Waals surface area contributed by atoms with E-state index >= 15 is 0 Å². The molecule has 0 saturated carbocycles. The molecule has 0 fully saturated rings. The lowest BCUT2D eigenvalue weighted by molar-refractivity contribution is 0.193. The molecule has 1 nitrogen and oxygen atoms in total. The highest BCUT2D eigenvalue weighted by atomic mass is 32.1. The molecule has 0 bridgehead atoms. The normalized spacial score (nSPS) is 19.5. The Labute approximate surface area is 166 Å². The monoisotopic (exact) mass is 372 g/mol. The number of allylic oxidation sites excluding steroid dienone is 9. The minimum atomic E-state index is 0.302. The van der Waals surface area contributed by atoms with Crippen molar-refractivity contribution in [1.82, 2.24) is 0 Å². The van der Waals surface area contributed by atoms with Crippen LogP contribution in [0.3, 0.4) is 0 Å². The Bertz CT molecular complexity index is 612. The molecule has 0 heterocycles. The van der Waals surface area contributed by atoms with Crippen molar-refractivity contribution in [3.63, 3.8) is 0 Å². The smallest absolute Gasteiger partial charge is 0.0657 e. The Morgan fingerprint density at radius 3 is 2.58 bits per heavy atom. The van der Waals surface area contributed by atoms with E-state index in [1.54, 1.807) is 5.57 Å². The number of hydrogen-bond acceptors (Lipinski definition) is 2. The van der Waals surface area contributed by atoms with Gasteiger partial charge in [-0.2, -0.15) is 12.6 Å². The largest absolute Gasteiger partial charge is 0.373 e. The summed E-state index contributed by atoms with van der Waals surface area (Å²) in [4.78, 5) is 0. The summed E-state index contributed by atoms with van der Waals surface area (Å²) in [6.07, 6.45) is 20.9. The van der Waals surface area contributed by atoms with E-state index in [1.165, 1.54) is 36.0 Å². The van der Waals surface area contributed by atoms with Gasteiger partial charge < -0.3 is 4.74 Å². The number of ether oxygens (including phenoxy) is 1. The summed E-state index contributed by atoms with van der Waals surface area (Å²) in [7, 11) is 0. The van der Waals surface area contributed by atoms with E-state index in [0.29, 0.717) is 18.6 Å². The molecule has 0 aromatic carbocycles. The van der Waals surface area contributed by atoms with Gasteiger partial charge in [-0.15, -0.1) is 0 Å². The van der Waals surface area contributed by atoms with Crippen molar-refractivity contribution in [2.45, 2.75) is 53.9 Å². The maximum absolute atomic E-state index is 5.51. The predicted octanol–water partition coefficient (Wildman–Crippen LogP) is 7.02. The fourth-order valence-corrected chi connectivity index (χ4v) is 3.32. The van der Waals surface area contributed by atoms with Gasteiger partial charge in [0.15, 0.2) is 0 Å². The summed E-state index contributed by atoms with van der Waals surface area (Å²) in [5.41, 5.74) is 5.84.